The molecule has 1 fully saturated rings. The van der Waals surface area contributed by atoms with E-state index in [1.165, 1.54) is 23.5 Å². The molecule has 8 heteroatoms. The number of anilines is 1. The van der Waals surface area contributed by atoms with Gasteiger partial charge in [-0.3, -0.25) is 4.79 Å². The second-order valence-electron chi connectivity index (χ2n) is 7.00. The molecule has 1 amide bonds. The molecular weight excluding hydrogens is 389 g/mol. The zero-order chi connectivity index (χ0) is 19.8. The van der Waals surface area contributed by atoms with Gasteiger partial charge in [0.2, 0.25) is 0 Å². The summed E-state index contributed by atoms with van der Waals surface area (Å²) in [5.74, 6) is 0.455. The first-order valence-electron chi connectivity index (χ1n) is 9.36. The van der Waals surface area contributed by atoms with Gasteiger partial charge in [0.05, 0.1) is 5.52 Å². The summed E-state index contributed by atoms with van der Waals surface area (Å²) >= 11 is 1.38. The van der Waals surface area contributed by atoms with Crippen molar-refractivity contribution in [2.75, 3.05) is 18.0 Å². The summed E-state index contributed by atoms with van der Waals surface area (Å²) in [6, 6.07) is 10.2. The summed E-state index contributed by atoms with van der Waals surface area (Å²) in [6.45, 7) is 1.54. The van der Waals surface area contributed by atoms with E-state index in [2.05, 4.69) is 20.2 Å². The molecule has 0 unspecified atom stereocenters. The van der Waals surface area contributed by atoms with Gasteiger partial charge in [-0.15, -0.1) is 11.3 Å². The highest BCUT2D eigenvalue weighted by Gasteiger charge is 2.27. The molecule has 1 aromatic carbocycles. The third-order valence-electron chi connectivity index (χ3n) is 5.08. The lowest BCUT2D eigenvalue weighted by molar-refractivity contribution is 0.0936. The van der Waals surface area contributed by atoms with Crippen molar-refractivity contribution >= 4 is 28.6 Å². The first-order valence-corrected chi connectivity index (χ1v) is 10.2. The van der Waals surface area contributed by atoms with Crippen LogP contribution < -0.4 is 10.2 Å². The van der Waals surface area contributed by atoms with Crippen LogP contribution in [0.1, 0.15) is 16.9 Å². The summed E-state index contributed by atoms with van der Waals surface area (Å²) in [5, 5.41) is 5.52. The molecule has 3 aromatic heterocycles. The Hall–Kier alpha value is -3.26. The number of carbonyl (C=O) groups excluding carboxylic acids is 1. The summed E-state index contributed by atoms with van der Waals surface area (Å²) in [4.78, 5) is 23.8. The van der Waals surface area contributed by atoms with Gasteiger partial charge < -0.3 is 14.6 Å². The summed E-state index contributed by atoms with van der Waals surface area (Å²) < 4.78 is 15.1. The first-order chi connectivity index (χ1) is 14.2. The number of amides is 1. The summed E-state index contributed by atoms with van der Waals surface area (Å²) in [5.41, 5.74) is 2.25. The number of benzene rings is 1. The molecule has 4 heterocycles. The lowest BCUT2D eigenvalue weighted by Crippen LogP contribution is -2.37. The molecule has 0 spiro atoms. The van der Waals surface area contributed by atoms with Gasteiger partial charge >= 0.3 is 0 Å². The van der Waals surface area contributed by atoms with E-state index in [1.54, 1.807) is 23.7 Å². The second-order valence-corrected chi connectivity index (χ2v) is 7.86. The fourth-order valence-corrected chi connectivity index (χ4v) is 4.44. The fraction of sp³-hybridized carbons (Fsp3) is 0.190. The normalized spacial score (nSPS) is 16.4. The predicted octanol–water partition coefficient (Wildman–Crippen LogP) is 3.61. The van der Waals surface area contributed by atoms with Crippen LogP contribution in [-0.4, -0.2) is 39.4 Å². The number of nitrogens with zero attached hydrogens (tertiary/aromatic N) is 4. The number of halogens is 1. The standard InChI is InChI=1S/C21H18FN5OS/c22-15-5-3-14(4-6-15)21-25-17(13-29-21)20(28)24-16-7-10-27(12-16)19-18-2-1-9-26(18)11-8-23-19/h1-6,8-9,11,13,16H,7,10,12H2,(H,24,28)/t16-/m0/s1. The Bertz CT molecular complexity index is 1170. The number of aromatic nitrogens is 3. The molecule has 0 aliphatic carbocycles. The number of hydrogen-bond donors (Lipinski definition) is 1. The quantitative estimate of drug-likeness (QED) is 0.561. The van der Waals surface area contributed by atoms with Crippen molar-refractivity contribution in [1.82, 2.24) is 19.7 Å². The molecule has 5 rings (SSSR count). The van der Waals surface area contributed by atoms with Crippen molar-refractivity contribution in [3.63, 3.8) is 0 Å². The van der Waals surface area contributed by atoms with Crippen LogP contribution in [0.15, 0.2) is 60.4 Å². The van der Waals surface area contributed by atoms with Gasteiger partial charge in [0, 0.05) is 48.7 Å². The maximum atomic E-state index is 13.1. The van der Waals surface area contributed by atoms with Crippen LogP contribution in [0.5, 0.6) is 0 Å². The average molecular weight is 407 g/mol. The lowest BCUT2D eigenvalue weighted by Gasteiger charge is -2.18. The summed E-state index contributed by atoms with van der Waals surface area (Å²) in [7, 11) is 0. The fourth-order valence-electron chi connectivity index (χ4n) is 3.63. The first kappa shape index (κ1) is 17.8. The molecule has 0 radical (unpaired) electrons. The Labute approximate surface area is 170 Å². The predicted molar refractivity (Wildman–Crippen MR) is 111 cm³/mol. The Morgan fingerprint density at radius 2 is 2.07 bits per heavy atom. The van der Waals surface area contributed by atoms with Crippen molar-refractivity contribution in [2.45, 2.75) is 12.5 Å². The zero-order valence-electron chi connectivity index (χ0n) is 15.5. The number of thiazole rings is 1. The minimum Gasteiger partial charge on any atom is -0.353 e. The van der Waals surface area contributed by atoms with Crippen molar-refractivity contribution < 1.29 is 9.18 Å². The van der Waals surface area contributed by atoms with E-state index in [9.17, 15) is 9.18 Å². The second kappa shape index (κ2) is 7.29. The van der Waals surface area contributed by atoms with Gasteiger partial charge in [0.25, 0.3) is 5.91 Å². The molecule has 29 heavy (non-hydrogen) atoms. The maximum absolute atomic E-state index is 13.1. The molecule has 1 atom stereocenters. The van der Waals surface area contributed by atoms with E-state index >= 15 is 0 Å². The zero-order valence-corrected chi connectivity index (χ0v) is 16.3. The Morgan fingerprint density at radius 3 is 2.93 bits per heavy atom. The molecular formula is C21H18FN5OS. The molecule has 146 valence electrons. The highest BCUT2D eigenvalue weighted by Crippen LogP contribution is 2.25. The lowest BCUT2D eigenvalue weighted by atomic mass is 10.2. The largest absolute Gasteiger partial charge is 0.353 e. The average Bonchev–Trinajstić information content (AvgIpc) is 3.48. The summed E-state index contributed by atoms with van der Waals surface area (Å²) in [6.07, 6.45) is 6.57. The van der Waals surface area contributed by atoms with Crippen molar-refractivity contribution in [1.29, 1.82) is 0 Å². The number of fused-ring (bicyclic) bond motifs is 1. The Morgan fingerprint density at radius 1 is 1.21 bits per heavy atom. The number of hydrogen-bond acceptors (Lipinski definition) is 5. The Balaban J connectivity index is 1.26. The molecule has 1 aliphatic heterocycles. The molecule has 1 N–H and O–H groups in total. The van der Waals surface area contributed by atoms with Crippen LogP contribution in [0.3, 0.4) is 0 Å². The van der Waals surface area contributed by atoms with Crippen LogP contribution in [0.25, 0.3) is 16.1 Å². The van der Waals surface area contributed by atoms with Gasteiger partial charge in [-0.2, -0.15) is 0 Å². The van der Waals surface area contributed by atoms with E-state index < -0.39 is 0 Å². The van der Waals surface area contributed by atoms with Crippen molar-refractivity contribution in [2.24, 2.45) is 0 Å². The van der Waals surface area contributed by atoms with E-state index in [0.717, 1.165) is 29.9 Å². The Kier molecular flexibility index (Phi) is 4.48. The van der Waals surface area contributed by atoms with Gasteiger partial charge in [-0.25, -0.2) is 14.4 Å². The number of carbonyl (C=O) groups is 1. The number of nitrogens with one attached hydrogen (secondary N) is 1. The van der Waals surface area contributed by atoms with Crippen molar-refractivity contribution in [3.05, 3.63) is 71.9 Å². The van der Waals surface area contributed by atoms with E-state index in [-0.39, 0.29) is 17.8 Å². The van der Waals surface area contributed by atoms with Gasteiger partial charge in [-0.05, 0) is 42.8 Å². The smallest absolute Gasteiger partial charge is 0.271 e. The van der Waals surface area contributed by atoms with Crippen LogP contribution in [0.4, 0.5) is 10.2 Å². The molecule has 4 aromatic rings. The molecule has 6 nitrogen and oxygen atoms in total. The van der Waals surface area contributed by atoms with Gasteiger partial charge in [0.15, 0.2) is 5.82 Å². The maximum Gasteiger partial charge on any atom is 0.271 e. The van der Waals surface area contributed by atoms with E-state index in [1.807, 2.05) is 28.9 Å². The minimum absolute atomic E-state index is 0.0375. The SMILES string of the molecule is O=C(N[C@H]1CCN(c2nccn3cccc23)C1)c1csc(-c2ccc(F)cc2)n1. The van der Waals surface area contributed by atoms with Gasteiger partial charge in [-0.1, -0.05) is 0 Å². The third kappa shape index (κ3) is 3.47. The van der Waals surface area contributed by atoms with Crippen LogP contribution in [-0.2, 0) is 0 Å². The molecule has 1 saturated heterocycles. The molecule has 0 bridgehead atoms. The van der Waals surface area contributed by atoms with Gasteiger partial charge in [0.1, 0.15) is 16.5 Å². The monoisotopic (exact) mass is 407 g/mol. The topological polar surface area (TPSA) is 62.5 Å². The third-order valence-corrected chi connectivity index (χ3v) is 5.97. The minimum atomic E-state index is -0.292. The molecule has 0 saturated carbocycles. The van der Waals surface area contributed by atoms with E-state index in [4.69, 9.17) is 0 Å². The highest BCUT2D eigenvalue weighted by atomic mass is 32.1. The molecule has 1 aliphatic rings. The number of rotatable bonds is 4. The van der Waals surface area contributed by atoms with Crippen LogP contribution in [0.2, 0.25) is 0 Å². The van der Waals surface area contributed by atoms with Crippen LogP contribution in [0, 0.1) is 5.82 Å². The van der Waals surface area contributed by atoms with E-state index in [0.29, 0.717) is 17.2 Å². The highest BCUT2D eigenvalue weighted by molar-refractivity contribution is 7.13. The van der Waals surface area contributed by atoms with Crippen LogP contribution >= 0.6 is 11.3 Å². The van der Waals surface area contributed by atoms with Crippen molar-refractivity contribution in [3.8, 4) is 10.6 Å².